The number of piperazine rings is 1. The van der Waals surface area contributed by atoms with E-state index >= 15 is 0 Å². The van der Waals surface area contributed by atoms with Crippen molar-refractivity contribution in [3.63, 3.8) is 0 Å². The van der Waals surface area contributed by atoms with Crippen LogP contribution in [-0.4, -0.2) is 54.4 Å². The highest BCUT2D eigenvalue weighted by Crippen LogP contribution is 2.21. The van der Waals surface area contributed by atoms with Crippen molar-refractivity contribution in [1.82, 2.24) is 9.80 Å². The van der Waals surface area contributed by atoms with Crippen molar-refractivity contribution >= 4 is 23.4 Å². The summed E-state index contributed by atoms with van der Waals surface area (Å²) in [5, 5.41) is 0.638. The number of benzene rings is 1. The molecule has 118 valence electrons. The van der Waals surface area contributed by atoms with E-state index in [0.717, 1.165) is 5.56 Å². The zero-order valence-electron chi connectivity index (χ0n) is 12.5. The number of rotatable bonds is 4. The summed E-state index contributed by atoms with van der Waals surface area (Å²) in [5.74, 6) is 0.471. The van der Waals surface area contributed by atoms with Crippen LogP contribution in [0.3, 0.4) is 0 Å². The van der Waals surface area contributed by atoms with E-state index in [1.54, 1.807) is 28.0 Å². The number of nitrogens with zero attached hydrogens (tertiary/aromatic N) is 2. The molecule has 1 fully saturated rings. The van der Waals surface area contributed by atoms with Gasteiger partial charge < -0.3 is 14.5 Å². The summed E-state index contributed by atoms with van der Waals surface area (Å²) >= 11 is 5.88. The van der Waals surface area contributed by atoms with Crippen LogP contribution < -0.4 is 4.74 Å². The first-order valence-corrected chi connectivity index (χ1v) is 7.47. The molecule has 1 aliphatic rings. The van der Waals surface area contributed by atoms with Crippen molar-refractivity contribution in [3.05, 3.63) is 41.4 Å². The predicted octanol–water partition coefficient (Wildman–Crippen LogP) is 1.88. The molecule has 2 amide bonds. The molecule has 0 aliphatic carbocycles. The summed E-state index contributed by atoms with van der Waals surface area (Å²) in [5.41, 5.74) is 0.890. The molecule has 0 radical (unpaired) electrons. The predicted molar refractivity (Wildman–Crippen MR) is 85.0 cm³/mol. The van der Waals surface area contributed by atoms with Gasteiger partial charge in [0.15, 0.2) is 6.61 Å². The van der Waals surface area contributed by atoms with Gasteiger partial charge in [0.25, 0.3) is 5.91 Å². The van der Waals surface area contributed by atoms with Crippen molar-refractivity contribution in [3.8, 4) is 5.75 Å². The van der Waals surface area contributed by atoms with E-state index in [1.807, 2.05) is 6.92 Å². The lowest BCUT2D eigenvalue weighted by Crippen LogP contribution is -2.51. The van der Waals surface area contributed by atoms with Gasteiger partial charge in [-0.05, 0) is 36.8 Å². The highest BCUT2D eigenvalue weighted by molar-refractivity contribution is 6.30. The molecular weight excluding hydrogens is 304 g/mol. The van der Waals surface area contributed by atoms with Crippen molar-refractivity contribution < 1.29 is 14.3 Å². The molecule has 1 aliphatic heterocycles. The van der Waals surface area contributed by atoms with E-state index in [1.165, 1.54) is 6.08 Å². The number of carbonyl (C=O) groups is 2. The molecule has 1 aromatic rings. The Bertz CT molecular complexity index is 581. The second-order valence-corrected chi connectivity index (χ2v) is 5.55. The normalized spacial score (nSPS) is 14.6. The van der Waals surface area contributed by atoms with Crippen LogP contribution in [0.25, 0.3) is 0 Å². The van der Waals surface area contributed by atoms with Crippen LogP contribution in [-0.2, 0) is 9.59 Å². The zero-order chi connectivity index (χ0) is 16.1. The maximum Gasteiger partial charge on any atom is 0.260 e. The van der Waals surface area contributed by atoms with E-state index < -0.39 is 0 Å². The fourth-order valence-corrected chi connectivity index (χ4v) is 2.54. The summed E-state index contributed by atoms with van der Waals surface area (Å²) in [6.07, 6.45) is 1.30. The summed E-state index contributed by atoms with van der Waals surface area (Å²) in [4.78, 5) is 27.0. The maximum atomic E-state index is 12.1. The SMILES string of the molecule is C=CC(=O)N1CCN(C(=O)COc2ccc(Cl)cc2C)CC1. The Kier molecular flexibility index (Phi) is 5.44. The molecule has 1 saturated heterocycles. The Hall–Kier alpha value is -2.01. The number of halogens is 1. The van der Waals surface area contributed by atoms with Crippen molar-refractivity contribution in [1.29, 1.82) is 0 Å². The molecule has 0 bridgehead atoms. The third-order valence-electron chi connectivity index (χ3n) is 3.61. The lowest BCUT2D eigenvalue weighted by Gasteiger charge is -2.34. The van der Waals surface area contributed by atoms with Gasteiger partial charge in [-0.1, -0.05) is 18.2 Å². The molecule has 1 aromatic carbocycles. The molecule has 22 heavy (non-hydrogen) atoms. The van der Waals surface area contributed by atoms with Gasteiger partial charge in [0, 0.05) is 31.2 Å². The second-order valence-electron chi connectivity index (χ2n) is 5.11. The number of hydrogen-bond acceptors (Lipinski definition) is 3. The van der Waals surface area contributed by atoms with E-state index in [-0.39, 0.29) is 18.4 Å². The van der Waals surface area contributed by atoms with E-state index in [0.29, 0.717) is 37.0 Å². The topological polar surface area (TPSA) is 49.9 Å². The lowest BCUT2D eigenvalue weighted by atomic mass is 10.2. The monoisotopic (exact) mass is 322 g/mol. The molecule has 0 spiro atoms. The second kappa shape index (κ2) is 7.31. The van der Waals surface area contributed by atoms with Crippen LogP contribution in [0.5, 0.6) is 5.75 Å². The van der Waals surface area contributed by atoms with Crippen LogP contribution in [0.15, 0.2) is 30.9 Å². The van der Waals surface area contributed by atoms with Gasteiger partial charge in [-0.3, -0.25) is 9.59 Å². The first kappa shape index (κ1) is 16.4. The maximum absolute atomic E-state index is 12.1. The van der Waals surface area contributed by atoms with Crippen molar-refractivity contribution in [2.24, 2.45) is 0 Å². The van der Waals surface area contributed by atoms with Crippen molar-refractivity contribution in [2.75, 3.05) is 32.8 Å². The molecule has 0 saturated carbocycles. The summed E-state index contributed by atoms with van der Waals surface area (Å²) in [7, 11) is 0. The Balaban J connectivity index is 1.83. The van der Waals surface area contributed by atoms with Gasteiger partial charge >= 0.3 is 0 Å². The summed E-state index contributed by atoms with van der Waals surface area (Å²) in [6.45, 7) is 7.41. The van der Waals surface area contributed by atoms with E-state index in [4.69, 9.17) is 16.3 Å². The summed E-state index contributed by atoms with van der Waals surface area (Å²) < 4.78 is 5.56. The minimum atomic E-state index is -0.0971. The quantitative estimate of drug-likeness (QED) is 0.795. The number of carbonyl (C=O) groups excluding carboxylic acids is 2. The van der Waals surface area contributed by atoms with Crippen LogP contribution >= 0.6 is 11.6 Å². The molecule has 0 aromatic heterocycles. The fraction of sp³-hybridized carbons (Fsp3) is 0.375. The minimum Gasteiger partial charge on any atom is -0.483 e. The molecule has 5 nitrogen and oxygen atoms in total. The molecule has 0 atom stereocenters. The van der Waals surface area contributed by atoms with Crippen LogP contribution in [0, 0.1) is 6.92 Å². The third kappa shape index (κ3) is 4.01. The van der Waals surface area contributed by atoms with E-state index in [9.17, 15) is 9.59 Å². The molecular formula is C16H19ClN2O3. The van der Waals surface area contributed by atoms with Gasteiger partial charge in [-0.2, -0.15) is 0 Å². The van der Waals surface area contributed by atoms with Gasteiger partial charge in [0.1, 0.15) is 5.75 Å². The Morgan fingerprint density at radius 2 is 1.91 bits per heavy atom. The first-order valence-electron chi connectivity index (χ1n) is 7.09. The highest BCUT2D eigenvalue weighted by atomic mass is 35.5. The zero-order valence-corrected chi connectivity index (χ0v) is 13.3. The number of hydrogen-bond donors (Lipinski definition) is 0. The molecule has 6 heteroatoms. The first-order chi connectivity index (χ1) is 10.5. The Labute approximate surface area is 135 Å². The number of ether oxygens (including phenoxy) is 1. The van der Waals surface area contributed by atoms with Gasteiger partial charge in [-0.15, -0.1) is 0 Å². The molecule has 0 unspecified atom stereocenters. The van der Waals surface area contributed by atoms with Gasteiger partial charge in [0.2, 0.25) is 5.91 Å². The smallest absolute Gasteiger partial charge is 0.260 e. The number of amides is 2. The van der Waals surface area contributed by atoms with Crippen LogP contribution in [0.2, 0.25) is 5.02 Å². The lowest BCUT2D eigenvalue weighted by molar-refractivity contribution is -0.138. The fourth-order valence-electron chi connectivity index (χ4n) is 2.31. The standard InChI is InChI=1S/C16H19ClN2O3/c1-3-15(20)18-6-8-19(9-7-18)16(21)11-22-14-5-4-13(17)10-12(14)2/h3-5,10H,1,6-9,11H2,2H3. The Morgan fingerprint density at radius 3 is 2.50 bits per heavy atom. The van der Waals surface area contributed by atoms with Crippen LogP contribution in [0.1, 0.15) is 5.56 Å². The van der Waals surface area contributed by atoms with Gasteiger partial charge in [-0.25, -0.2) is 0 Å². The summed E-state index contributed by atoms with van der Waals surface area (Å²) in [6, 6.07) is 5.28. The molecule has 2 rings (SSSR count). The molecule has 0 N–H and O–H groups in total. The largest absolute Gasteiger partial charge is 0.483 e. The highest BCUT2D eigenvalue weighted by Gasteiger charge is 2.23. The van der Waals surface area contributed by atoms with Gasteiger partial charge in [0.05, 0.1) is 0 Å². The third-order valence-corrected chi connectivity index (χ3v) is 3.84. The Morgan fingerprint density at radius 1 is 1.27 bits per heavy atom. The number of aryl methyl sites for hydroxylation is 1. The average Bonchev–Trinajstić information content (AvgIpc) is 2.53. The minimum absolute atomic E-state index is 0.0160. The average molecular weight is 323 g/mol. The molecule has 1 heterocycles. The van der Waals surface area contributed by atoms with E-state index in [2.05, 4.69) is 6.58 Å². The van der Waals surface area contributed by atoms with Crippen LogP contribution in [0.4, 0.5) is 0 Å². The van der Waals surface area contributed by atoms with Crippen molar-refractivity contribution in [2.45, 2.75) is 6.92 Å².